The van der Waals surface area contributed by atoms with Crippen LogP contribution in [0.1, 0.15) is 5.56 Å². The molecule has 1 aromatic heterocycles. The molecule has 0 spiro atoms. The molecule has 6 heteroatoms. The van der Waals surface area contributed by atoms with Crippen molar-refractivity contribution in [2.45, 2.75) is 16.7 Å². The van der Waals surface area contributed by atoms with Gasteiger partial charge in [-0.3, -0.25) is 0 Å². The van der Waals surface area contributed by atoms with Crippen molar-refractivity contribution in [1.29, 1.82) is 0 Å². The van der Waals surface area contributed by atoms with Gasteiger partial charge in [-0.15, -0.1) is 0 Å². The lowest BCUT2D eigenvalue weighted by molar-refractivity contribution is 0.516. The summed E-state index contributed by atoms with van der Waals surface area (Å²) in [6, 6.07) is 20.7. The Morgan fingerprint density at radius 3 is 2.48 bits per heavy atom. The molecule has 133 valence electrons. The van der Waals surface area contributed by atoms with Gasteiger partial charge in [0.2, 0.25) is 15.7 Å². The Hall–Kier alpha value is -3.25. The Balaban J connectivity index is 1.95. The van der Waals surface area contributed by atoms with E-state index in [0.29, 0.717) is 10.9 Å². The van der Waals surface area contributed by atoms with E-state index in [1.165, 1.54) is 6.07 Å². The fourth-order valence-corrected chi connectivity index (χ4v) is 4.20. The number of hydrogen-bond acceptors (Lipinski definition) is 5. The molecule has 0 aliphatic heterocycles. The highest BCUT2D eigenvalue weighted by Crippen LogP contribution is 2.30. The Morgan fingerprint density at radius 1 is 0.963 bits per heavy atom. The molecule has 0 atom stereocenters. The normalized spacial score (nSPS) is 11.6. The van der Waals surface area contributed by atoms with Crippen molar-refractivity contribution in [2.75, 3.05) is 0 Å². The standard InChI is InChI=1S/C21H14NO4S/c1-14-10-12-15(13-11-14)27(24,25)19-9-5-3-7-17(19)20-22-18-8-4-2-6-16(18)21(23)26-20/h2-6,8-13H,1H3. The van der Waals surface area contributed by atoms with Gasteiger partial charge in [0.25, 0.3) is 0 Å². The van der Waals surface area contributed by atoms with Gasteiger partial charge >= 0.3 is 5.63 Å². The van der Waals surface area contributed by atoms with Crippen LogP contribution in [0.2, 0.25) is 0 Å². The summed E-state index contributed by atoms with van der Waals surface area (Å²) in [6.07, 6.45) is 0. The van der Waals surface area contributed by atoms with Crippen molar-refractivity contribution in [2.24, 2.45) is 0 Å². The average molecular weight is 376 g/mol. The van der Waals surface area contributed by atoms with Gasteiger partial charge in [-0.1, -0.05) is 42.0 Å². The maximum atomic E-state index is 13.1. The van der Waals surface area contributed by atoms with Crippen molar-refractivity contribution >= 4 is 20.7 Å². The van der Waals surface area contributed by atoms with Crippen molar-refractivity contribution in [3.63, 3.8) is 0 Å². The lowest BCUT2D eigenvalue weighted by atomic mass is 10.2. The predicted octanol–water partition coefficient (Wildman–Crippen LogP) is 3.80. The highest BCUT2D eigenvalue weighted by atomic mass is 32.2. The fourth-order valence-electron chi connectivity index (χ4n) is 2.78. The van der Waals surface area contributed by atoms with Crippen LogP contribution in [0.15, 0.2) is 85.7 Å². The van der Waals surface area contributed by atoms with E-state index in [1.54, 1.807) is 60.7 Å². The molecule has 0 fully saturated rings. The van der Waals surface area contributed by atoms with Crippen molar-refractivity contribution < 1.29 is 12.8 Å². The van der Waals surface area contributed by atoms with Gasteiger partial charge in [0, 0.05) is 0 Å². The van der Waals surface area contributed by atoms with E-state index in [-0.39, 0.29) is 21.2 Å². The van der Waals surface area contributed by atoms with Crippen LogP contribution < -0.4 is 5.63 Å². The van der Waals surface area contributed by atoms with E-state index in [4.69, 9.17) is 4.42 Å². The zero-order chi connectivity index (χ0) is 19.0. The molecule has 0 aliphatic carbocycles. The first-order chi connectivity index (χ1) is 13.0. The van der Waals surface area contributed by atoms with Gasteiger partial charge < -0.3 is 4.42 Å². The van der Waals surface area contributed by atoms with Crippen LogP contribution in [0.4, 0.5) is 0 Å². The van der Waals surface area contributed by atoms with Gasteiger partial charge in [0.15, 0.2) is 0 Å². The number of aromatic nitrogens is 1. The molecule has 3 aromatic carbocycles. The van der Waals surface area contributed by atoms with Crippen LogP contribution in [0.5, 0.6) is 0 Å². The summed E-state index contributed by atoms with van der Waals surface area (Å²) in [4.78, 5) is 16.7. The summed E-state index contributed by atoms with van der Waals surface area (Å²) in [7, 11) is -3.83. The summed E-state index contributed by atoms with van der Waals surface area (Å²) in [6.45, 7) is 1.88. The molecule has 0 aliphatic rings. The minimum absolute atomic E-state index is 0.0141. The SMILES string of the molecule is Cc1ccc(S(=O)(=O)c2ccc[c]c2-c2nc3ccccc3c(=O)o2)cc1. The van der Waals surface area contributed by atoms with Crippen LogP contribution >= 0.6 is 0 Å². The number of rotatable bonds is 3. The molecule has 4 aromatic rings. The van der Waals surface area contributed by atoms with Gasteiger partial charge in [0.05, 0.1) is 26.3 Å². The first-order valence-electron chi connectivity index (χ1n) is 8.19. The highest BCUT2D eigenvalue weighted by molar-refractivity contribution is 7.91. The van der Waals surface area contributed by atoms with Gasteiger partial charge in [0.1, 0.15) is 0 Å². The molecule has 5 nitrogen and oxygen atoms in total. The number of benzene rings is 3. The number of aryl methyl sites for hydroxylation is 1. The molecule has 0 amide bonds. The Kier molecular flexibility index (Phi) is 4.12. The molecule has 0 unspecified atom stereocenters. The molecule has 0 bridgehead atoms. The van der Waals surface area contributed by atoms with E-state index in [0.717, 1.165) is 5.56 Å². The largest absolute Gasteiger partial charge is 0.403 e. The van der Waals surface area contributed by atoms with Crippen LogP contribution in [0, 0.1) is 13.0 Å². The molecule has 4 rings (SSSR count). The van der Waals surface area contributed by atoms with Crippen molar-refractivity contribution in [1.82, 2.24) is 4.98 Å². The van der Waals surface area contributed by atoms with Crippen molar-refractivity contribution in [3.8, 4) is 11.5 Å². The van der Waals surface area contributed by atoms with E-state index >= 15 is 0 Å². The molecular formula is C21H14NO4S. The van der Waals surface area contributed by atoms with E-state index in [2.05, 4.69) is 11.1 Å². The smallest absolute Gasteiger partial charge is 0.347 e. The molecule has 0 N–H and O–H groups in total. The summed E-state index contributed by atoms with van der Waals surface area (Å²) in [5.74, 6) is -0.0787. The lowest BCUT2D eigenvalue weighted by Crippen LogP contribution is -2.07. The van der Waals surface area contributed by atoms with Crippen molar-refractivity contribution in [3.05, 3.63) is 88.8 Å². The molecule has 0 saturated heterocycles. The average Bonchev–Trinajstić information content (AvgIpc) is 2.68. The predicted molar refractivity (Wildman–Crippen MR) is 101 cm³/mol. The van der Waals surface area contributed by atoms with Gasteiger partial charge in [-0.05, 0) is 43.3 Å². The molecule has 27 heavy (non-hydrogen) atoms. The summed E-state index contributed by atoms with van der Waals surface area (Å²) in [5, 5.41) is 0.333. The zero-order valence-electron chi connectivity index (χ0n) is 14.3. The maximum Gasteiger partial charge on any atom is 0.347 e. The van der Waals surface area contributed by atoms with Crippen LogP contribution in [-0.2, 0) is 9.84 Å². The second-order valence-corrected chi connectivity index (χ2v) is 7.97. The zero-order valence-corrected chi connectivity index (χ0v) is 15.2. The van der Waals surface area contributed by atoms with Gasteiger partial charge in [-0.25, -0.2) is 18.2 Å². The lowest BCUT2D eigenvalue weighted by Gasteiger charge is -2.10. The molecule has 1 heterocycles. The fraction of sp³-hybridized carbons (Fsp3) is 0.0476. The first-order valence-corrected chi connectivity index (χ1v) is 9.68. The van der Waals surface area contributed by atoms with E-state index in [9.17, 15) is 13.2 Å². The third-order valence-electron chi connectivity index (χ3n) is 4.19. The minimum atomic E-state index is -3.83. The van der Waals surface area contributed by atoms with Crippen LogP contribution in [0.3, 0.4) is 0 Å². The summed E-state index contributed by atoms with van der Waals surface area (Å²) in [5.41, 5.74) is 0.933. The third kappa shape index (κ3) is 3.04. The molecular weight excluding hydrogens is 362 g/mol. The monoisotopic (exact) mass is 376 g/mol. The van der Waals surface area contributed by atoms with Crippen LogP contribution in [0.25, 0.3) is 22.4 Å². The number of nitrogens with zero attached hydrogens (tertiary/aromatic N) is 1. The summed E-state index contributed by atoms with van der Waals surface area (Å²) < 4.78 is 31.5. The minimum Gasteiger partial charge on any atom is -0.403 e. The Morgan fingerprint density at radius 2 is 1.70 bits per heavy atom. The number of sulfone groups is 1. The first kappa shape index (κ1) is 17.2. The van der Waals surface area contributed by atoms with E-state index in [1.807, 2.05) is 6.92 Å². The third-order valence-corrected chi connectivity index (χ3v) is 6.00. The number of hydrogen-bond donors (Lipinski definition) is 0. The molecule has 1 radical (unpaired) electrons. The number of fused-ring (bicyclic) bond motifs is 1. The Labute approximate surface area is 155 Å². The second kappa shape index (κ2) is 6.48. The number of para-hydroxylation sites is 1. The second-order valence-electron chi connectivity index (χ2n) is 6.05. The quantitative estimate of drug-likeness (QED) is 0.544. The van der Waals surface area contributed by atoms with Crippen LogP contribution in [-0.4, -0.2) is 13.4 Å². The molecule has 0 saturated carbocycles. The summed E-state index contributed by atoms with van der Waals surface area (Å²) >= 11 is 0. The maximum absolute atomic E-state index is 13.1. The van der Waals surface area contributed by atoms with Gasteiger partial charge in [-0.2, -0.15) is 0 Å². The Bertz CT molecular complexity index is 1310. The van der Waals surface area contributed by atoms with E-state index < -0.39 is 15.5 Å². The topological polar surface area (TPSA) is 77.2 Å². The highest BCUT2D eigenvalue weighted by Gasteiger charge is 2.24.